The van der Waals surface area contributed by atoms with Crippen LogP contribution in [0.25, 0.3) is 5.69 Å². The molecule has 7 nitrogen and oxygen atoms in total. The summed E-state index contributed by atoms with van der Waals surface area (Å²) in [7, 11) is 0. The predicted octanol–water partition coefficient (Wildman–Crippen LogP) is 6.03. The quantitative estimate of drug-likeness (QED) is 0.374. The standard InChI is InChI=1S/C28H35FN4O3/c1-4-15-30-28(34)32(18-24-14-9-16-35-24)19-25-26(20(2)3)31-33(22-11-6-5-7-12-22)27(25)36-23-13-8-10-21(29)17-23/h5-8,10-13,17,20,24H,4,9,14-16,18-19H2,1-3H3,(H,30,34)/t24-/m0/s1. The summed E-state index contributed by atoms with van der Waals surface area (Å²) in [6, 6.07) is 15.6. The molecule has 8 heteroatoms. The van der Waals surface area contributed by atoms with Crippen LogP contribution in [0.1, 0.15) is 57.2 Å². The summed E-state index contributed by atoms with van der Waals surface area (Å²) in [6.45, 7) is 8.23. The number of nitrogens with one attached hydrogen (secondary N) is 1. The SMILES string of the molecule is CCCNC(=O)N(Cc1c(C(C)C)nn(-c2ccccc2)c1Oc1cccc(F)c1)C[C@@H]1CCCO1. The number of ether oxygens (including phenoxy) is 2. The van der Waals surface area contributed by atoms with E-state index in [0.29, 0.717) is 37.9 Å². The molecule has 192 valence electrons. The number of amides is 2. The van der Waals surface area contributed by atoms with E-state index in [4.69, 9.17) is 14.6 Å². The Morgan fingerprint density at radius 1 is 1.25 bits per heavy atom. The van der Waals surface area contributed by atoms with Gasteiger partial charge in [0.15, 0.2) is 0 Å². The van der Waals surface area contributed by atoms with Gasteiger partial charge in [-0.1, -0.05) is 45.0 Å². The Labute approximate surface area is 212 Å². The number of aromatic nitrogens is 2. The molecule has 2 heterocycles. The minimum absolute atomic E-state index is 0.00312. The largest absolute Gasteiger partial charge is 0.438 e. The van der Waals surface area contributed by atoms with Gasteiger partial charge in [0.1, 0.15) is 11.6 Å². The number of nitrogens with zero attached hydrogens (tertiary/aromatic N) is 3. The lowest BCUT2D eigenvalue weighted by Crippen LogP contribution is -2.43. The highest BCUT2D eigenvalue weighted by Gasteiger charge is 2.29. The number of carbonyl (C=O) groups is 1. The van der Waals surface area contributed by atoms with Gasteiger partial charge in [0.05, 0.1) is 29.6 Å². The van der Waals surface area contributed by atoms with Crippen molar-refractivity contribution in [3.8, 4) is 17.3 Å². The van der Waals surface area contributed by atoms with E-state index in [1.807, 2.05) is 37.3 Å². The van der Waals surface area contributed by atoms with Gasteiger partial charge in [-0.15, -0.1) is 0 Å². The van der Waals surface area contributed by atoms with Crippen LogP contribution in [0.3, 0.4) is 0 Å². The molecule has 0 unspecified atom stereocenters. The number of urea groups is 1. The number of hydrogen-bond donors (Lipinski definition) is 1. The van der Waals surface area contributed by atoms with Crippen molar-refractivity contribution < 1.29 is 18.7 Å². The second-order valence-corrected chi connectivity index (χ2v) is 9.38. The molecule has 0 radical (unpaired) electrons. The fourth-order valence-electron chi connectivity index (χ4n) is 4.34. The average molecular weight is 495 g/mol. The van der Waals surface area contributed by atoms with Crippen molar-refractivity contribution in [3.63, 3.8) is 0 Å². The summed E-state index contributed by atoms with van der Waals surface area (Å²) in [5.74, 6) is 0.520. The zero-order chi connectivity index (χ0) is 25.5. The molecule has 1 atom stereocenters. The molecule has 2 aromatic carbocycles. The predicted molar refractivity (Wildman–Crippen MR) is 137 cm³/mol. The fourth-order valence-corrected chi connectivity index (χ4v) is 4.34. The molecule has 1 aromatic heterocycles. The third-order valence-corrected chi connectivity index (χ3v) is 6.14. The Balaban J connectivity index is 1.77. The number of hydrogen-bond acceptors (Lipinski definition) is 4. The lowest BCUT2D eigenvalue weighted by molar-refractivity contribution is 0.0792. The van der Waals surface area contributed by atoms with Gasteiger partial charge >= 0.3 is 6.03 Å². The van der Waals surface area contributed by atoms with E-state index in [0.717, 1.165) is 36.2 Å². The highest BCUT2D eigenvalue weighted by Crippen LogP contribution is 2.35. The highest BCUT2D eigenvalue weighted by atomic mass is 19.1. The molecule has 3 aromatic rings. The van der Waals surface area contributed by atoms with Gasteiger partial charge in [-0.25, -0.2) is 13.9 Å². The Bertz CT molecular complexity index is 1140. The topological polar surface area (TPSA) is 68.6 Å². The molecule has 0 saturated carbocycles. The van der Waals surface area contributed by atoms with Crippen molar-refractivity contribution in [2.24, 2.45) is 0 Å². The summed E-state index contributed by atoms with van der Waals surface area (Å²) < 4.78 is 27.9. The lowest BCUT2D eigenvalue weighted by atomic mass is 10.1. The Kier molecular flexibility index (Phi) is 8.59. The third-order valence-electron chi connectivity index (χ3n) is 6.14. The van der Waals surface area contributed by atoms with Gasteiger partial charge in [0, 0.05) is 25.8 Å². The first-order valence-electron chi connectivity index (χ1n) is 12.7. The Morgan fingerprint density at radius 2 is 2.06 bits per heavy atom. The molecule has 36 heavy (non-hydrogen) atoms. The van der Waals surface area contributed by atoms with Crippen LogP contribution in [0.4, 0.5) is 9.18 Å². The summed E-state index contributed by atoms with van der Waals surface area (Å²) in [5.41, 5.74) is 2.44. The smallest absolute Gasteiger partial charge is 0.317 e. The molecular formula is C28H35FN4O3. The Hall–Kier alpha value is -3.39. The van der Waals surface area contributed by atoms with Gasteiger partial charge in [-0.05, 0) is 49.4 Å². The van der Waals surface area contributed by atoms with Crippen molar-refractivity contribution in [1.82, 2.24) is 20.0 Å². The summed E-state index contributed by atoms with van der Waals surface area (Å²) in [6.07, 6.45) is 2.75. The van der Waals surface area contributed by atoms with E-state index in [1.54, 1.807) is 21.7 Å². The van der Waals surface area contributed by atoms with Crippen LogP contribution in [0.15, 0.2) is 54.6 Å². The molecule has 1 N–H and O–H groups in total. The van der Waals surface area contributed by atoms with Crippen molar-refractivity contribution in [3.05, 3.63) is 71.7 Å². The second-order valence-electron chi connectivity index (χ2n) is 9.38. The second kappa shape index (κ2) is 12.0. The fraction of sp³-hybridized carbons (Fsp3) is 0.429. The zero-order valence-electron chi connectivity index (χ0n) is 21.2. The lowest BCUT2D eigenvalue weighted by Gasteiger charge is -2.26. The number of para-hydroxylation sites is 1. The first-order chi connectivity index (χ1) is 17.5. The first-order valence-corrected chi connectivity index (χ1v) is 12.7. The number of carbonyl (C=O) groups excluding carboxylic acids is 1. The van der Waals surface area contributed by atoms with E-state index in [-0.39, 0.29) is 23.9 Å². The maximum atomic E-state index is 14.0. The van der Waals surface area contributed by atoms with Gasteiger partial charge in [0.2, 0.25) is 5.88 Å². The van der Waals surface area contributed by atoms with Crippen LogP contribution in [0.2, 0.25) is 0 Å². The van der Waals surface area contributed by atoms with E-state index in [9.17, 15) is 9.18 Å². The van der Waals surface area contributed by atoms with Crippen molar-refractivity contribution >= 4 is 6.03 Å². The average Bonchev–Trinajstić information content (AvgIpc) is 3.51. The summed E-state index contributed by atoms with van der Waals surface area (Å²) in [4.78, 5) is 15.0. The zero-order valence-corrected chi connectivity index (χ0v) is 21.2. The molecular weight excluding hydrogens is 459 g/mol. The highest BCUT2D eigenvalue weighted by molar-refractivity contribution is 5.74. The molecule has 0 spiro atoms. The molecule has 2 amide bonds. The normalized spacial score (nSPS) is 15.3. The molecule has 0 aliphatic carbocycles. The van der Waals surface area contributed by atoms with Crippen LogP contribution in [-0.2, 0) is 11.3 Å². The van der Waals surface area contributed by atoms with E-state index >= 15 is 0 Å². The monoisotopic (exact) mass is 494 g/mol. The molecule has 1 aliphatic rings. The molecule has 1 saturated heterocycles. The van der Waals surface area contributed by atoms with Crippen LogP contribution in [0, 0.1) is 5.82 Å². The van der Waals surface area contributed by atoms with Crippen molar-refractivity contribution in [1.29, 1.82) is 0 Å². The van der Waals surface area contributed by atoms with Crippen molar-refractivity contribution in [2.45, 2.75) is 58.6 Å². The van der Waals surface area contributed by atoms with Crippen LogP contribution in [-0.4, -0.2) is 46.5 Å². The third kappa shape index (κ3) is 6.23. The maximum Gasteiger partial charge on any atom is 0.317 e. The first kappa shape index (κ1) is 25.7. The van der Waals surface area contributed by atoms with Crippen molar-refractivity contribution in [2.75, 3.05) is 19.7 Å². The van der Waals surface area contributed by atoms with Gasteiger partial charge < -0.3 is 19.7 Å². The summed E-state index contributed by atoms with van der Waals surface area (Å²) >= 11 is 0. The van der Waals surface area contributed by atoms with E-state index < -0.39 is 0 Å². The van der Waals surface area contributed by atoms with Crippen LogP contribution < -0.4 is 10.1 Å². The van der Waals surface area contributed by atoms with Gasteiger partial charge in [-0.2, -0.15) is 5.10 Å². The molecule has 1 fully saturated rings. The maximum absolute atomic E-state index is 14.0. The van der Waals surface area contributed by atoms with Gasteiger partial charge in [0.25, 0.3) is 0 Å². The van der Waals surface area contributed by atoms with Crippen LogP contribution >= 0.6 is 0 Å². The number of rotatable bonds is 10. The summed E-state index contributed by atoms with van der Waals surface area (Å²) in [5, 5.41) is 7.92. The minimum atomic E-state index is -0.386. The minimum Gasteiger partial charge on any atom is -0.438 e. The Morgan fingerprint density at radius 3 is 2.72 bits per heavy atom. The van der Waals surface area contributed by atoms with Gasteiger partial charge in [-0.3, -0.25) is 0 Å². The molecule has 4 rings (SSSR count). The van der Waals surface area contributed by atoms with Crippen LogP contribution in [0.5, 0.6) is 11.6 Å². The van der Waals surface area contributed by atoms with E-state index in [1.165, 1.54) is 12.1 Å². The molecule has 0 bridgehead atoms. The van der Waals surface area contributed by atoms with E-state index in [2.05, 4.69) is 19.2 Å². The molecule has 1 aliphatic heterocycles. The number of benzene rings is 2. The number of halogens is 1.